The first-order valence-corrected chi connectivity index (χ1v) is 7.67. The van der Waals surface area contributed by atoms with E-state index in [-0.39, 0.29) is 17.8 Å². The third-order valence-electron chi connectivity index (χ3n) is 3.79. The Balaban J connectivity index is 2.08. The predicted molar refractivity (Wildman–Crippen MR) is 92.0 cm³/mol. The Morgan fingerprint density at radius 1 is 1.25 bits per heavy atom. The number of anilines is 1. The van der Waals surface area contributed by atoms with Crippen LogP contribution in [0.25, 0.3) is 0 Å². The van der Waals surface area contributed by atoms with Crippen LogP contribution >= 0.6 is 0 Å². The van der Waals surface area contributed by atoms with Crippen LogP contribution in [0.2, 0.25) is 0 Å². The maximum absolute atomic E-state index is 13.8. The number of carbonyl (C=O) groups is 1. The van der Waals surface area contributed by atoms with E-state index >= 15 is 0 Å². The summed E-state index contributed by atoms with van der Waals surface area (Å²) in [5.41, 5.74) is 3.94. The van der Waals surface area contributed by atoms with Crippen molar-refractivity contribution in [1.29, 1.82) is 0 Å². The number of aryl methyl sites for hydroxylation is 3. The number of hydrogen-bond acceptors (Lipinski definition) is 3. The molecule has 0 spiro atoms. The van der Waals surface area contributed by atoms with Gasteiger partial charge in [0.05, 0.1) is 24.5 Å². The highest BCUT2D eigenvalue weighted by atomic mass is 19.1. The fraction of sp³-hybridized carbons (Fsp3) is 0.333. The third kappa shape index (κ3) is 4.01. The highest BCUT2D eigenvalue weighted by Crippen LogP contribution is 2.22. The molecule has 2 N–H and O–H groups in total. The van der Waals surface area contributed by atoms with E-state index in [0.29, 0.717) is 11.3 Å². The summed E-state index contributed by atoms with van der Waals surface area (Å²) in [5, 5.41) is 5.61. The van der Waals surface area contributed by atoms with Gasteiger partial charge < -0.3 is 15.4 Å². The van der Waals surface area contributed by atoms with Gasteiger partial charge in [0.2, 0.25) is 0 Å². The molecule has 0 bridgehead atoms. The molecule has 0 saturated heterocycles. The van der Waals surface area contributed by atoms with Crippen molar-refractivity contribution in [2.45, 2.75) is 33.7 Å². The van der Waals surface area contributed by atoms with Crippen LogP contribution in [0.4, 0.5) is 14.9 Å². The van der Waals surface area contributed by atoms with Crippen LogP contribution in [0, 0.1) is 26.6 Å². The van der Waals surface area contributed by atoms with Crippen LogP contribution in [-0.2, 0) is 0 Å². The summed E-state index contributed by atoms with van der Waals surface area (Å²) >= 11 is 0. The minimum atomic E-state index is -0.460. The summed E-state index contributed by atoms with van der Waals surface area (Å²) in [4.78, 5) is 16.6. The van der Waals surface area contributed by atoms with Crippen molar-refractivity contribution in [2.24, 2.45) is 0 Å². The predicted octanol–water partition coefficient (Wildman–Crippen LogP) is 4.04. The summed E-state index contributed by atoms with van der Waals surface area (Å²) in [6, 6.07) is 5.80. The normalized spacial score (nSPS) is 11.8. The SMILES string of the molecule is COc1ccc(C(C)NC(=O)Nc2c(C)cc(C)nc2C)cc1F. The number of methoxy groups -OCH3 is 1. The molecule has 0 aliphatic carbocycles. The molecule has 2 rings (SSSR count). The Labute approximate surface area is 141 Å². The van der Waals surface area contributed by atoms with E-state index in [1.165, 1.54) is 13.2 Å². The van der Waals surface area contributed by atoms with Crippen LogP contribution in [0.1, 0.15) is 35.5 Å². The Bertz CT molecular complexity index is 739. The van der Waals surface area contributed by atoms with Gasteiger partial charge in [0.15, 0.2) is 11.6 Å². The Morgan fingerprint density at radius 3 is 2.54 bits per heavy atom. The fourth-order valence-electron chi connectivity index (χ4n) is 2.59. The van der Waals surface area contributed by atoms with Gasteiger partial charge in [-0.1, -0.05) is 6.07 Å². The molecule has 0 aliphatic heterocycles. The summed E-state index contributed by atoms with van der Waals surface area (Å²) in [6.45, 7) is 7.45. The second kappa shape index (κ2) is 7.29. The van der Waals surface area contributed by atoms with E-state index in [9.17, 15) is 9.18 Å². The van der Waals surface area contributed by atoms with Crippen LogP contribution in [0.15, 0.2) is 24.3 Å². The molecule has 0 aliphatic rings. The van der Waals surface area contributed by atoms with Gasteiger partial charge in [0, 0.05) is 5.69 Å². The minimum Gasteiger partial charge on any atom is -0.494 e. The van der Waals surface area contributed by atoms with Gasteiger partial charge >= 0.3 is 6.03 Å². The number of ether oxygens (including phenoxy) is 1. The summed E-state index contributed by atoms with van der Waals surface area (Å²) in [7, 11) is 1.41. The first kappa shape index (κ1) is 17.7. The van der Waals surface area contributed by atoms with Crippen molar-refractivity contribution in [3.63, 3.8) is 0 Å². The molecule has 24 heavy (non-hydrogen) atoms. The van der Waals surface area contributed by atoms with Gasteiger partial charge in [-0.3, -0.25) is 4.98 Å². The van der Waals surface area contributed by atoms with Crippen molar-refractivity contribution in [2.75, 3.05) is 12.4 Å². The molecule has 0 saturated carbocycles. The summed E-state index contributed by atoms with van der Waals surface area (Å²) in [6.07, 6.45) is 0. The minimum absolute atomic E-state index is 0.174. The number of aromatic nitrogens is 1. The molecule has 128 valence electrons. The van der Waals surface area contributed by atoms with Gasteiger partial charge in [-0.2, -0.15) is 0 Å². The number of nitrogens with one attached hydrogen (secondary N) is 2. The lowest BCUT2D eigenvalue weighted by atomic mass is 10.1. The lowest BCUT2D eigenvalue weighted by Gasteiger charge is -2.17. The highest BCUT2D eigenvalue weighted by Gasteiger charge is 2.14. The maximum Gasteiger partial charge on any atom is 0.319 e. The monoisotopic (exact) mass is 331 g/mol. The van der Waals surface area contributed by atoms with Crippen molar-refractivity contribution in [3.8, 4) is 5.75 Å². The topological polar surface area (TPSA) is 63.2 Å². The summed E-state index contributed by atoms with van der Waals surface area (Å²) < 4.78 is 18.7. The van der Waals surface area contributed by atoms with Gasteiger partial charge in [-0.25, -0.2) is 9.18 Å². The smallest absolute Gasteiger partial charge is 0.319 e. The second-order valence-electron chi connectivity index (χ2n) is 5.76. The first-order valence-electron chi connectivity index (χ1n) is 7.67. The van der Waals surface area contributed by atoms with Gasteiger partial charge in [0.1, 0.15) is 0 Å². The van der Waals surface area contributed by atoms with Gasteiger partial charge in [-0.15, -0.1) is 0 Å². The molecule has 1 heterocycles. The number of carbonyl (C=O) groups excluding carboxylic acids is 1. The number of benzene rings is 1. The van der Waals surface area contributed by atoms with E-state index in [0.717, 1.165) is 17.0 Å². The average molecular weight is 331 g/mol. The zero-order valence-corrected chi connectivity index (χ0v) is 14.5. The molecule has 0 fully saturated rings. The third-order valence-corrected chi connectivity index (χ3v) is 3.79. The van der Waals surface area contributed by atoms with E-state index in [1.54, 1.807) is 19.1 Å². The van der Waals surface area contributed by atoms with Gasteiger partial charge in [0.25, 0.3) is 0 Å². The lowest BCUT2D eigenvalue weighted by Crippen LogP contribution is -2.31. The van der Waals surface area contributed by atoms with Crippen molar-refractivity contribution >= 4 is 11.7 Å². The molecule has 1 aromatic heterocycles. The number of hydrogen-bond donors (Lipinski definition) is 2. The van der Waals surface area contributed by atoms with E-state index in [4.69, 9.17) is 4.74 Å². The quantitative estimate of drug-likeness (QED) is 0.889. The molecule has 2 aromatic rings. The van der Waals surface area contributed by atoms with Crippen LogP contribution < -0.4 is 15.4 Å². The van der Waals surface area contributed by atoms with Gasteiger partial charge in [-0.05, 0) is 57.0 Å². The molecule has 1 aromatic carbocycles. The number of amides is 2. The number of halogens is 1. The van der Waals surface area contributed by atoms with E-state index in [2.05, 4.69) is 15.6 Å². The highest BCUT2D eigenvalue weighted by molar-refractivity contribution is 5.91. The molecule has 1 unspecified atom stereocenters. The summed E-state index contributed by atoms with van der Waals surface area (Å²) in [5.74, 6) is -0.286. The largest absolute Gasteiger partial charge is 0.494 e. The van der Waals surface area contributed by atoms with Crippen molar-refractivity contribution in [3.05, 3.63) is 52.6 Å². The molecular formula is C18H22FN3O2. The first-order chi connectivity index (χ1) is 11.3. The van der Waals surface area contributed by atoms with E-state index in [1.807, 2.05) is 26.8 Å². The Morgan fingerprint density at radius 2 is 1.96 bits per heavy atom. The van der Waals surface area contributed by atoms with Crippen LogP contribution in [-0.4, -0.2) is 18.1 Å². The van der Waals surface area contributed by atoms with Crippen LogP contribution in [0.5, 0.6) is 5.75 Å². The lowest BCUT2D eigenvalue weighted by molar-refractivity contribution is 0.249. The number of rotatable bonds is 4. The van der Waals surface area contributed by atoms with Crippen molar-refractivity contribution in [1.82, 2.24) is 10.3 Å². The molecule has 6 heteroatoms. The zero-order chi connectivity index (χ0) is 17.9. The molecule has 0 radical (unpaired) electrons. The van der Waals surface area contributed by atoms with Crippen molar-refractivity contribution < 1.29 is 13.9 Å². The Hall–Kier alpha value is -2.63. The molecule has 5 nitrogen and oxygen atoms in total. The molecule has 2 amide bonds. The van der Waals surface area contributed by atoms with Crippen LogP contribution in [0.3, 0.4) is 0 Å². The average Bonchev–Trinajstić information content (AvgIpc) is 2.50. The number of pyridine rings is 1. The molecular weight excluding hydrogens is 309 g/mol. The number of urea groups is 1. The Kier molecular flexibility index (Phi) is 5.39. The standard InChI is InChI=1S/C18H22FN3O2/c1-10-8-11(2)20-13(4)17(10)22-18(23)21-12(3)14-6-7-16(24-5)15(19)9-14/h6-9,12H,1-5H3,(H2,21,22,23). The zero-order valence-electron chi connectivity index (χ0n) is 14.5. The number of nitrogens with zero attached hydrogens (tertiary/aromatic N) is 1. The van der Waals surface area contributed by atoms with E-state index < -0.39 is 5.82 Å². The maximum atomic E-state index is 13.8. The second-order valence-corrected chi connectivity index (χ2v) is 5.76. The molecule has 1 atom stereocenters. The fourth-order valence-corrected chi connectivity index (χ4v) is 2.59.